The van der Waals surface area contributed by atoms with Crippen LogP contribution >= 0.6 is 11.3 Å². The van der Waals surface area contributed by atoms with Gasteiger partial charge in [0.05, 0.1) is 11.4 Å². The highest BCUT2D eigenvalue weighted by Gasteiger charge is 2.23. The van der Waals surface area contributed by atoms with Crippen LogP contribution in [0.1, 0.15) is 54.4 Å². The normalized spacial score (nSPS) is 12.7. The number of aryl methyl sites for hydroxylation is 2. The van der Waals surface area contributed by atoms with Crippen LogP contribution in [0.5, 0.6) is 0 Å². The van der Waals surface area contributed by atoms with E-state index in [0.717, 1.165) is 21.8 Å². The van der Waals surface area contributed by atoms with Crippen molar-refractivity contribution in [1.29, 1.82) is 5.26 Å². The number of amides is 1. The number of hydrogen-bond acceptors (Lipinski definition) is 4. The Balaban J connectivity index is 2.17. The number of nitrogens with one attached hydrogen (secondary N) is 1. The molecule has 6 heteroatoms. The highest BCUT2D eigenvalue weighted by atomic mass is 32.1. The van der Waals surface area contributed by atoms with E-state index >= 15 is 0 Å². The van der Waals surface area contributed by atoms with Gasteiger partial charge in [-0.05, 0) is 37.3 Å². The minimum atomic E-state index is -0.203. The van der Waals surface area contributed by atoms with Crippen molar-refractivity contribution in [2.75, 3.05) is 5.32 Å². The van der Waals surface area contributed by atoms with Gasteiger partial charge in [0.25, 0.3) is 0 Å². The zero-order valence-electron chi connectivity index (χ0n) is 16.0. The fraction of sp³-hybridized carbons (Fsp3) is 0.526. The van der Waals surface area contributed by atoms with Crippen molar-refractivity contribution >= 4 is 22.9 Å². The molecule has 2 aromatic rings. The van der Waals surface area contributed by atoms with Crippen LogP contribution in [0.3, 0.4) is 0 Å². The third-order valence-corrected chi connectivity index (χ3v) is 5.91. The molecule has 1 N–H and O–H groups in total. The molecule has 0 saturated carbocycles. The predicted molar refractivity (Wildman–Crippen MR) is 102 cm³/mol. The second-order valence-electron chi connectivity index (χ2n) is 7.58. The molecule has 1 atom stereocenters. The molecule has 2 rings (SSSR count). The number of carbonyl (C=O) groups excluding carboxylic acids is 1. The number of aromatic nitrogens is 2. The molecule has 25 heavy (non-hydrogen) atoms. The summed E-state index contributed by atoms with van der Waals surface area (Å²) in [6.45, 7) is 12.2. The van der Waals surface area contributed by atoms with Crippen molar-refractivity contribution in [1.82, 2.24) is 9.78 Å². The van der Waals surface area contributed by atoms with E-state index in [1.807, 2.05) is 38.6 Å². The summed E-state index contributed by atoms with van der Waals surface area (Å²) in [6.07, 6.45) is 0.634. The Hall–Kier alpha value is -2.13. The lowest BCUT2D eigenvalue weighted by molar-refractivity contribution is -0.119. The first-order chi connectivity index (χ1) is 11.5. The number of nitrogens with zero attached hydrogens (tertiary/aromatic N) is 3. The molecule has 1 unspecified atom stereocenters. The van der Waals surface area contributed by atoms with Gasteiger partial charge in [0, 0.05) is 23.5 Å². The Morgan fingerprint density at radius 3 is 2.56 bits per heavy atom. The van der Waals surface area contributed by atoms with Gasteiger partial charge < -0.3 is 5.32 Å². The molecule has 0 aliphatic rings. The zero-order chi connectivity index (χ0) is 18.9. The van der Waals surface area contributed by atoms with Crippen molar-refractivity contribution in [3.63, 3.8) is 0 Å². The Kier molecular flexibility index (Phi) is 5.38. The van der Waals surface area contributed by atoms with Gasteiger partial charge in [-0.3, -0.25) is 9.48 Å². The Bertz CT molecular complexity index is 833. The number of anilines is 1. The van der Waals surface area contributed by atoms with Crippen molar-refractivity contribution in [3.05, 3.63) is 32.8 Å². The third kappa shape index (κ3) is 4.10. The average molecular weight is 359 g/mol. The summed E-state index contributed by atoms with van der Waals surface area (Å²) in [7, 11) is 1.91. The first-order valence-electron chi connectivity index (χ1n) is 8.39. The van der Waals surface area contributed by atoms with Crippen LogP contribution in [-0.4, -0.2) is 15.7 Å². The zero-order valence-corrected chi connectivity index (χ0v) is 16.8. The largest absolute Gasteiger partial charge is 0.324 e. The SMILES string of the molecule is Cc1nn(C)c(C)c1CC(C)C(=O)Nc1cc(C(C)(C)C)sc1C#N. The molecular formula is C19H26N4OS. The summed E-state index contributed by atoms with van der Waals surface area (Å²) in [5.74, 6) is -0.274. The predicted octanol–water partition coefficient (Wildman–Crippen LogP) is 4.08. The third-order valence-electron chi connectivity index (χ3n) is 4.45. The standard InChI is InChI=1S/C19H26N4OS/c1-11(8-14-12(2)22-23(7)13(14)3)18(24)21-15-9-17(19(4,5)6)25-16(15)10-20/h9,11H,8H2,1-7H3,(H,21,24). The molecule has 0 radical (unpaired) electrons. The molecule has 2 aromatic heterocycles. The van der Waals surface area contributed by atoms with Crippen LogP contribution in [0.4, 0.5) is 5.69 Å². The molecule has 0 aliphatic carbocycles. The fourth-order valence-corrected chi connectivity index (χ4v) is 3.67. The van der Waals surface area contributed by atoms with Gasteiger partial charge in [-0.1, -0.05) is 27.7 Å². The summed E-state index contributed by atoms with van der Waals surface area (Å²) in [5.41, 5.74) is 3.73. The van der Waals surface area contributed by atoms with Crippen molar-refractivity contribution in [2.45, 2.75) is 53.4 Å². The maximum Gasteiger partial charge on any atom is 0.227 e. The van der Waals surface area contributed by atoms with E-state index < -0.39 is 0 Å². The van der Waals surface area contributed by atoms with Gasteiger partial charge >= 0.3 is 0 Å². The van der Waals surface area contributed by atoms with Crippen molar-refractivity contribution < 1.29 is 4.79 Å². The van der Waals surface area contributed by atoms with Crippen LogP contribution in [0.15, 0.2) is 6.07 Å². The molecule has 0 aliphatic heterocycles. The van der Waals surface area contributed by atoms with Crippen LogP contribution in [0.2, 0.25) is 0 Å². The first kappa shape index (κ1) is 19.2. The number of nitriles is 1. The minimum Gasteiger partial charge on any atom is -0.324 e. The molecule has 1 amide bonds. The summed E-state index contributed by atoms with van der Waals surface area (Å²) < 4.78 is 1.84. The average Bonchev–Trinajstić information content (AvgIpc) is 3.03. The van der Waals surface area contributed by atoms with E-state index in [9.17, 15) is 10.1 Å². The van der Waals surface area contributed by atoms with Gasteiger partial charge in [0.2, 0.25) is 5.91 Å². The molecule has 5 nitrogen and oxygen atoms in total. The molecule has 2 heterocycles. The Morgan fingerprint density at radius 1 is 1.44 bits per heavy atom. The Morgan fingerprint density at radius 2 is 2.08 bits per heavy atom. The summed E-state index contributed by atoms with van der Waals surface area (Å²) in [6, 6.07) is 4.12. The van der Waals surface area contributed by atoms with Gasteiger partial charge in [-0.15, -0.1) is 11.3 Å². The van der Waals surface area contributed by atoms with Crippen molar-refractivity contribution in [2.24, 2.45) is 13.0 Å². The maximum absolute atomic E-state index is 12.6. The second-order valence-corrected chi connectivity index (χ2v) is 8.63. The highest BCUT2D eigenvalue weighted by molar-refractivity contribution is 7.13. The molecule has 134 valence electrons. The maximum atomic E-state index is 12.6. The van der Waals surface area contributed by atoms with Gasteiger partial charge in [0.15, 0.2) is 0 Å². The molecule has 0 bridgehead atoms. The van der Waals surface area contributed by atoms with Gasteiger partial charge in [0.1, 0.15) is 10.9 Å². The van der Waals surface area contributed by atoms with E-state index in [0.29, 0.717) is 17.0 Å². The van der Waals surface area contributed by atoms with Crippen LogP contribution < -0.4 is 5.32 Å². The lowest BCUT2D eigenvalue weighted by Gasteiger charge is -2.15. The van der Waals surface area contributed by atoms with Crippen LogP contribution in [0.25, 0.3) is 0 Å². The minimum absolute atomic E-state index is 0.0468. The van der Waals surface area contributed by atoms with Crippen LogP contribution in [-0.2, 0) is 23.7 Å². The fourth-order valence-electron chi connectivity index (χ4n) is 2.70. The van der Waals surface area contributed by atoms with E-state index in [2.05, 4.69) is 37.3 Å². The quantitative estimate of drug-likeness (QED) is 0.895. The Labute approximate surface area is 153 Å². The molecule has 0 saturated heterocycles. The van der Waals surface area contributed by atoms with E-state index in [4.69, 9.17) is 0 Å². The summed E-state index contributed by atoms with van der Waals surface area (Å²) in [4.78, 5) is 14.3. The topological polar surface area (TPSA) is 70.7 Å². The molecule has 0 fully saturated rings. The van der Waals surface area contributed by atoms with E-state index in [1.165, 1.54) is 11.3 Å². The lowest BCUT2D eigenvalue weighted by Crippen LogP contribution is -2.22. The number of thiophene rings is 1. The lowest BCUT2D eigenvalue weighted by atomic mass is 9.94. The van der Waals surface area contributed by atoms with Crippen LogP contribution in [0, 0.1) is 31.1 Å². The molecular weight excluding hydrogens is 332 g/mol. The molecule has 0 aromatic carbocycles. The molecule has 0 spiro atoms. The van der Waals surface area contributed by atoms with Crippen molar-refractivity contribution in [3.8, 4) is 6.07 Å². The highest BCUT2D eigenvalue weighted by Crippen LogP contribution is 2.35. The van der Waals surface area contributed by atoms with Gasteiger partial charge in [-0.25, -0.2) is 0 Å². The number of rotatable bonds is 4. The second kappa shape index (κ2) is 7.01. The van der Waals surface area contributed by atoms with Gasteiger partial charge in [-0.2, -0.15) is 10.4 Å². The number of carbonyl (C=O) groups is 1. The first-order valence-corrected chi connectivity index (χ1v) is 9.20. The van der Waals surface area contributed by atoms with E-state index in [-0.39, 0.29) is 17.2 Å². The van der Waals surface area contributed by atoms with E-state index in [1.54, 1.807) is 0 Å². The smallest absolute Gasteiger partial charge is 0.227 e. The number of hydrogen-bond donors (Lipinski definition) is 1. The monoisotopic (exact) mass is 358 g/mol. The summed E-state index contributed by atoms with van der Waals surface area (Å²) in [5, 5.41) is 16.7. The summed E-state index contributed by atoms with van der Waals surface area (Å²) >= 11 is 1.44.